The summed E-state index contributed by atoms with van der Waals surface area (Å²) < 4.78 is 5.51. The smallest absolute Gasteiger partial charge is 0.411 e. The average molecular weight is 367 g/mol. The molecule has 2 atom stereocenters. The highest BCUT2D eigenvalue weighted by Gasteiger charge is 2.46. The number of ether oxygens (including phenoxy) is 1. The summed E-state index contributed by atoms with van der Waals surface area (Å²) in [5.74, 6) is 0. The Balaban J connectivity index is 1.75. The van der Waals surface area contributed by atoms with Gasteiger partial charge in [-0.3, -0.25) is 4.90 Å². The molecule has 0 aliphatic carbocycles. The van der Waals surface area contributed by atoms with E-state index in [-0.39, 0.29) is 16.5 Å². The van der Waals surface area contributed by atoms with Crippen LogP contribution in [-0.2, 0) is 10.2 Å². The van der Waals surface area contributed by atoms with Crippen molar-refractivity contribution in [2.75, 3.05) is 18.4 Å². The molecular formula is C17H23BrN2O2. The number of fused-ring (bicyclic) bond motifs is 2. The molecule has 5 heteroatoms. The summed E-state index contributed by atoms with van der Waals surface area (Å²) in [6.07, 6.45) is 1.62. The number of carbonyl (C=O) groups excluding carboxylic acids is 1. The van der Waals surface area contributed by atoms with Crippen molar-refractivity contribution >= 4 is 27.7 Å². The number of piperidine rings is 1. The van der Waals surface area contributed by atoms with E-state index in [1.54, 1.807) is 4.90 Å². The van der Waals surface area contributed by atoms with Crippen LogP contribution >= 0.6 is 15.9 Å². The van der Waals surface area contributed by atoms with Gasteiger partial charge < -0.3 is 10.1 Å². The van der Waals surface area contributed by atoms with E-state index in [0.29, 0.717) is 6.54 Å². The molecule has 22 heavy (non-hydrogen) atoms. The summed E-state index contributed by atoms with van der Waals surface area (Å²) >= 11 is 3.70. The lowest BCUT2D eigenvalue weighted by molar-refractivity contribution is 0.0142. The number of nitrogens with one attached hydrogen (secondary N) is 1. The van der Waals surface area contributed by atoms with Gasteiger partial charge in [-0.15, -0.1) is 0 Å². The van der Waals surface area contributed by atoms with Crippen LogP contribution < -0.4 is 5.32 Å². The molecule has 0 radical (unpaired) electrons. The predicted octanol–water partition coefficient (Wildman–Crippen LogP) is 4.10. The monoisotopic (exact) mass is 366 g/mol. The second-order valence-electron chi connectivity index (χ2n) is 7.24. The van der Waals surface area contributed by atoms with E-state index in [1.165, 1.54) is 11.3 Å². The Kier molecular flexibility index (Phi) is 3.87. The number of alkyl halides is 1. The van der Waals surface area contributed by atoms with E-state index >= 15 is 0 Å². The number of hydrogen-bond donors (Lipinski definition) is 1. The minimum absolute atomic E-state index is 0.00376. The summed E-state index contributed by atoms with van der Waals surface area (Å²) in [7, 11) is 0. The fraction of sp³-hybridized carbons (Fsp3) is 0.588. The maximum absolute atomic E-state index is 12.3. The first-order valence-electron chi connectivity index (χ1n) is 7.78. The zero-order valence-electron chi connectivity index (χ0n) is 13.4. The minimum atomic E-state index is -0.458. The Hall–Kier alpha value is -1.23. The van der Waals surface area contributed by atoms with Gasteiger partial charge in [-0.2, -0.15) is 0 Å². The molecule has 1 N–H and O–H groups in total. The van der Waals surface area contributed by atoms with Crippen molar-refractivity contribution in [1.29, 1.82) is 0 Å². The van der Waals surface area contributed by atoms with Crippen molar-refractivity contribution in [1.82, 2.24) is 4.90 Å². The van der Waals surface area contributed by atoms with Gasteiger partial charge >= 0.3 is 6.09 Å². The Morgan fingerprint density at radius 2 is 2.14 bits per heavy atom. The molecule has 1 amide bonds. The molecule has 1 fully saturated rings. The fourth-order valence-electron chi connectivity index (χ4n) is 3.40. The fourth-order valence-corrected chi connectivity index (χ4v) is 4.39. The normalized spacial score (nSPS) is 27.5. The summed E-state index contributed by atoms with van der Waals surface area (Å²) in [5.41, 5.74) is 2.26. The summed E-state index contributed by atoms with van der Waals surface area (Å²) in [6.45, 7) is 7.35. The number of amides is 1. The molecule has 0 aromatic heterocycles. The maximum Gasteiger partial charge on any atom is 0.411 e. The van der Waals surface area contributed by atoms with Gasteiger partial charge in [0.2, 0.25) is 0 Å². The molecule has 120 valence electrons. The lowest BCUT2D eigenvalue weighted by atomic mass is 9.74. The number of benzene rings is 1. The zero-order valence-corrected chi connectivity index (χ0v) is 14.9. The third-order valence-electron chi connectivity index (χ3n) is 4.47. The predicted molar refractivity (Wildman–Crippen MR) is 91.5 cm³/mol. The van der Waals surface area contributed by atoms with E-state index < -0.39 is 5.60 Å². The molecule has 0 bridgehead atoms. The highest BCUT2D eigenvalue weighted by atomic mass is 79.9. The molecule has 1 aromatic carbocycles. The Morgan fingerprint density at radius 3 is 2.82 bits per heavy atom. The highest BCUT2D eigenvalue weighted by Crippen LogP contribution is 2.46. The van der Waals surface area contributed by atoms with Crippen LogP contribution in [0.2, 0.25) is 0 Å². The first-order valence-corrected chi connectivity index (χ1v) is 8.69. The minimum Gasteiger partial charge on any atom is -0.444 e. The van der Waals surface area contributed by atoms with Gasteiger partial charge in [0, 0.05) is 24.2 Å². The number of likely N-dealkylation sites (tertiary alicyclic amines) is 1. The first kappa shape index (κ1) is 15.7. The van der Waals surface area contributed by atoms with Crippen LogP contribution in [-0.4, -0.2) is 34.6 Å². The third kappa shape index (κ3) is 2.83. The number of carbonyl (C=O) groups is 1. The second-order valence-corrected chi connectivity index (χ2v) is 8.30. The van der Waals surface area contributed by atoms with Crippen molar-refractivity contribution in [3.05, 3.63) is 29.8 Å². The number of halogens is 1. The van der Waals surface area contributed by atoms with Gasteiger partial charge in [0.15, 0.2) is 0 Å². The van der Waals surface area contributed by atoms with Crippen molar-refractivity contribution in [2.24, 2.45) is 0 Å². The molecule has 2 heterocycles. The highest BCUT2D eigenvalue weighted by molar-refractivity contribution is 9.09. The largest absolute Gasteiger partial charge is 0.444 e. The van der Waals surface area contributed by atoms with E-state index in [4.69, 9.17) is 4.74 Å². The van der Waals surface area contributed by atoms with Gasteiger partial charge in [-0.25, -0.2) is 4.79 Å². The molecule has 0 saturated carbocycles. The molecular weight excluding hydrogens is 344 g/mol. The summed E-state index contributed by atoms with van der Waals surface area (Å²) in [4.78, 5) is 14.1. The number of rotatable bonds is 0. The number of para-hydroxylation sites is 1. The molecule has 1 saturated heterocycles. The van der Waals surface area contributed by atoms with Gasteiger partial charge in [-0.05, 0) is 45.2 Å². The third-order valence-corrected chi connectivity index (χ3v) is 5.29. The van der Waals surface area contributed by atoms with E-state index in [9.17, 15) is 4.79 Å². The molecule has 4 nitrogen and oxygen atoms in total. The quantitative estimate of drug-likeness (QED) is 0.555. The van der Waals surface area contributed by atoms with Crippen molar-refractivity contribution in [2.45, 2.75) is 49.6 Å². The lowest BCUT2D eigenvalue weighted by Gasteiger charge is -2.43. The van der Waals surface area contributed by atoms with Gasteiger partial charge in [0.25, 0.3) is 0 Å². The van der Waals surface area contributed by atoms with E-state index in [0.717, 1.165) is 19.4 Å². The van der Waals surface area contributed by atoms with Crippen molar-refractivity contribution in [3.63, 3.8) is 0 Å². The SMILES string of the molecule is CC(C)(C)OC(=O)N1CCC2(CNc3ccccc32)CC1Br. The summed E-state index contributed by atoms with van der Waals surface area (Å²) in [6, 6.07) is 8.50. The Bertz CT molecular complexity index is 584. The molecule has 2 unspecified atom stereocenters. The van der Waals surface area contributed by atoms with Crippen LogP contribution in [0.25, 0.3) is 0 Å². The molecule has 2 aliphatic heterocycles. The topological polar surface area (TPSA) is 41.6 Å². The lowest BCUT2D eigenvalue weighted by Crippen LogP contribution is -2.51. The summed E-state index contributed by atoms with van der Waals surface area (Å²) in [5, 5.41) is 3.51. The average Bonchev–Trinajstić information content (AvgIpc) is 2.76. The van der Waals surface area contributed by atoms with Gasteiger partial charge in [0.1, 0.15) is 5.60 Å². The first-order chi connectivity index (χ1) is 10.3. The van der Waals surface area contributed by atoms with Crippen molar-refractivity contribution in [3.8, 4) is 0 Å². The van der Waals surface area contributed by atoms with Crippen LogP contribution in [0.15, 0.2) is 24.3 Å². The molecule has 1 spiro atoms. The van der Waals surface area contributed by atoms with E-state index in [1.807, 2.05) is 20.8 Å². The molecule has 2 aliphatic rings. The number of nitrogens with zero attached hydrogens (tertiary/aromatic N) is 1. The van der Waals surface area contributed by atoms with Crippen LogP contribution in [0.3, 0.4) is 0 Å². The second kappa shape index (κ2) is 5.44. The van der Waals surface area contributed by atoms with Crippen LogP contribution in [0.1, 0.15) is 39.2 Å². The zero-order chi connectivity index (χ0) is 16.0. The maximum atomic E-state index is 12.3. The molecule has 3 rings (SSSR count). The molecule has 1 aromatic rings. The Morgan fingerprint density at radius 1 is 1.41 bits per heavy atom. The standard InChI is InChI=1S/C17H23BrN2O2/c1-16(2,3)22-15(21)20-9-8-17(10-14(20)18)11-19-13-7-5-4-6-12(13)17/h4-7,14,19H,8-11H2,1-3H3. The van der Waals surface area contributed by atoms with Crippen LogP contribution in [0, 0.1) is 0 Å². The van der Waals surface area contributed by atoms with E-state index in [2.05, 4.69) is 45.5 Å². The van der Waals surface area contributed by atoms with Crippen LogP contribution in [0.5, 0.6) is 0 Å². The number of anilines is 1. The Labute approximate surface area is 140 Å². The van der Waals surface area contributed by atoms with Crippen LogP contribution in [0.4, 0.5) is 10.5 Å². The van der Waals surface area contributed by atoms with Gasteiger partial charge in [-0.1, -0.05) is 34.1 Å². The van der Waals surface area contributed by atoms with Gasteiger partial charge in [0.05, 0.1) is 4.95 Å². The van der Waals surface area contributed by atoms with Crippen molar-refractivity contribution < 1.29 is 9.53 Å². The number of hydrogen-bond acceptors (Lipinski definition) is 3.